The van der Waals surface area contributed by atoms with Crippen LogP contribution in [0.5, 0.6) is 0 Å². The minimum atomic E-state index is 0.533. The van der Waals surface area contributed by atoms with E-state index in [1.165, 1.54) is 51.5 Å². The molecule has 2 aromatic rings. The summed E-state index contributed by atoms with van der Waals surface area (Å²) in [5, 5.41) is 10.3. The molecule has 1 saturated carbocycles. The van der Waals surface area contributed by atoms with Crippen molar-refractivity contribution in [1.82, 2.24) is 19.9 Å². The maximum Gasteiger partial charge on any atom is 0.233 e. The van der Waals surface area contributed by atoms with Gasteiger partial charge in [0.05, 0.1) is 0 Å². The van der Waals surface area contributed by atoms with Gasteiger partial charge in [-0.2, -0.15) is 15.0 Å². The Bertz CT molecular complexity index is 902. The van der Waals surface area contributed by atoms with Gasteiger partial charge in [-0.25, -0.2) is 0 Å². The third kappa shape index (κ3) is 6.81. The first kappa shape index (κ1) is 24.3. The number of aromatic nitrogens is 3. The molecular weight excluding hydrogens is 527 g/mol. The molecule has 2 aliphatic rings. The molecule has 1 saturated heterocycles. The fraction of sp³-hybridized carbons (Fsp3) is 0.625. The van der Waals surface area contributed by atoms with E-state index in [-0.39, 0.29) is 0 Å². The largest absolute Gasteiger partial charge is 0.398 e. The van der Waals surface area contributed by atoms with E-state index in [0.717, 1.165) is 41.0 Å². The number of alkyl halides is 1. The predicted octanol–water partition coefficient (Wildman–Crippen LogP) is 5.02. The van der Waals surface area contributed by atoms with Crippen molar-refractivity contribution >= 4 is 51.8 Å². The highest BCUT2D eigenvalue weighted by Gasteiger charge is 2.23. The summed E-state index contributed by atoms with van der Waals surface area (Å²) in [5.74, 6) is 2.49. The van der Waals surface area contributed by atoms with Crippen molar-refractivity contribution in [3.05, 3.63) is 23.8 Å². The molecular formula is C24H37IN8. The second-order valence-electron chi connectivity index (χ2n) is 9.17. The Labute approximate surface area is 211 Å². The van der Waals surface area contributed by atoms with Gasteiger partial charge < -0.3 is 21.7 Å². The van der Waals surface area contributed by atoms with E-state index in [4.69, 9.17) is 10.7 Å². The third-order valence-corrected chi connectivity index (χ3v) is 7.67. The maximum atomic E-state index is 6.08. The molecule has 1 atom stereocenters. The number of hydrogen-bond donors (Lipinski definition) is 4. The van der Waals surface area contributed by atoms with Gasteiger partial charge in [-0.3, -0.25) is 4.90 Å². The van der Waals surface area contributed by atoms with E-state index in [0.29, 0.717) is 29.8 Å². The Morgan fingerprint density at radius 2 is 1.70 bits per heavy atom. The van der Waals surface area contributed by atoms with Crippen LogP contribution in [-0.2, 0) is 4.43 Å². The molecule has 4 rings (SSSR count). The van der Waals surface area contributed by atoms with Gasteiger partial charge in [0.1, 0.15) is 0 Å². The Balaban J connectivity index is 1.48. The van der Waals surface area contributed by atoms with Crippen molar-refractivity contribution in [3.63, 3.8) is 0 Å². The SMILES string of the molecule is CCN1CCCC1CNc1nc(NCC2CCCCC2)nc(Nc2ccc(N)c(CI)c2)n1. The average molecular weight is 565 g/mol. The molecule has 1 unspecified atom stereocenters. The van der Waals surface area contributed by atoms with Gasteiger partial charge in [-0.1, -0.05) is 48.8 Å². The zero-order chi connectivity index (χ0) is 23.0. The second kappa shape index (κ2) is 12.0. The highest BCUT2D eigenvalue weighted by Crippen LogP contribution is 2.25. The Kier molecular flexibility index (Phi) is 8.82. The van der Waals surface area contributed by atoms with Crippen LogP contribution in [0.3, 0.4) is 0 Å². The van der Waals surface area contributed by atoms with Gasteiger partial charge in [0, 0.05) is 34.9 Å². The zero-order valence-electron chi connectivity index (χ0n) is 19.6. The molecule has 2 fully saturated rings. The van der Waals surface area contributed by atoms with Gasteiger partial charge >= 0.3 is 0 Å². The first-order chi connectivity index (χ1) is 16.1. The quantitative estimate of drug-likeness (QED) is 0.181. The summed E-state index contributed by atoms with van der Waals surface area (Å²) in [5.41, 5.74) is 8.91. The monoisotopic (exact) mass is 564 g/mol. The normalized spacial score (nSPS) is 19.5. The number of halogens is 1. The van der Waals surface area contributed by atoms with E-state index in [1.807, 2.05) is 12.1 Å². The lowest BCUT2D eigenvalue weighted by atomic mass is 9.89. The van der Waals surface area contributed by atoms with Gasteiger partial charge in [0.25, 0.3) is 0 Å². The molecule has 1 aromatic heterocycles. The summed E-state index contributed by atoms with van der Waals surface area (Å²) >= 11 is 2.33. The summed E-state index contributed by atoms with van der Waals surface area (Å²) < 4.78 is 0.854. The van der Waals surface area contributed by atoms with Crippen molar-refractivity contribution in [2.24, 2.45) is 5.92 Å². The smallest absolute Gasteiger partial charge is 0.233 e. The maximum absolute atomic E-state index is 6.08. The Morgan fingerprint density at radius 3 is 2.42 bits per heavy atom. The third-order valence-electron chi connectivity index (χ3n) is 6.85. The van der Waals surface area contributed by atoms with Crippen LogP contribution in [0, 0.1) is 5.92 Å². The molecule has 0 spiro atoms. The van der Waals surface area contributed by atoms with E-state index in [1.54, 1.807) is 0 Å². The average Bonchev–Trinajstić information content (AvgIpc) is 3.31. The molecule has 1 aliphatic heterocycles. The summed E-state index contributed by atoms with van der Waals surface area (Å²) in [4.78, 5) is 16.6. The summed E-state index contributed by atoms with van der Waals surface area (Å²) in [6.45, 7) is 6.25. The van der Waals surface area contributed by atoms with Crippen molar-refractivity contribution in [2.45, 2.75) is 62.3 Å². The highest BCUT2D eigenvalue weighted by atomic mass is 127. The van der Waals surface area contributed by atoms with Crippen LogP contribution in [0.2, 0.25) is 0 Å². The minimum absolute atomic E-state index is 0.533. The topological polar surface area (TPSA) is 104 Å². The van der Waals surface area contributed by atoms with Crippen LogP contribution >= 0.6 is 22.6 Å². The molecule has 1 aliphatic carbocycles. The number of nitrogens with one attached hydrogen (secondary N) is 3. The van der Waals surface area contributed by atoms with Crippen molar-refractivity contribution in [1.29, 1.82) is 0 Å². The number of benzene rings is 1. The van der Waals surface area contributed by atoms with Crippen LogP contribution in [0.1, 0.15) is 57.4 Å². The summed E-state index contributed by atoms with van der Waals surface area (Å²) in [6.07, 6.45) is 9.06. The molecule has 2 heterocycles. The first-order valence-corrected chi connectivity index (χ1v) is 13.9. The van der Waals surface area contributed by atoms with E-state index in [9.17, 15) is 0 Å². The number of likely N-dealkylation sites (N-methyl/N-ethyl adjacent to an activating group) is 1. The fourth-order valence-electron chi connectivity index (χ4n) is 4.90. The molecule has 0 radical (unpaired) electrons. The van der Waals surface area contributed by atoms with E-state index >= 15 is 0 Å². The zero-order valence-corrected chi connectivity index (χ0v) is 21.8. The molecule has 0 bridgehead atoms. The molecule has 180 valence electrons. The van der Waals surface area contributed by atoms with Crippen molar-refractivity contribution in [3.8, 4) is 0 Å². The van der Waals surface area contributed by atoms with Gasteiger partial charge in [0.2, 0.25) is 17.8 Å². The predicted molar refractivity (Wildman–Crippen MR) is 146 cm³/mol. The van der Waals surface area contributed by atoms with Crippen molar-refractivity contribution in [2.75, 3.05) is 47.9 Å². The fourth-order valence-corrected chi connectivity index (χ4v) is 5.56. The number of anilines is 5. The lowest BCUT2D eigenvalue weighted by molar-refractivity contribution is 0.277. The summed E-state index contributed by atoms with van der Waals surface area (Å²) in [7, 11) is 0. The number of nitrogens with two attached hydrogens (primary N) is 1. The number of likely N-dealkylation sites (tertiary alicyclic amines) is 1. The first-order valence-electron chi connectivity index (χ1n) is 12.3. The lowest BCUT2D eigenvalue weighted by Gasteiger charge is -2.23. The van der Waals surface area contributed by atoms with E-state index in [2.05, 4.69) is 66.4 Å². The van der Waals surface area contributed by atoms with Crippen LogP contribution < -0.4 is 21.7 Å². The number of nitrogen functional groups attached to an aromatic ring is 1. The standard InChI is InChI=1S/C24H37IN8/c1-2-33-12-6-9-20(33)16-28-23-30-22(27-15-17-7-4-3-5-8-17)31-24(32-23)29-19-10-11-21(26)18(13-19)14-25/h10-11,13,17,20H,2-9,12,14-16,26H2,1H3,(H3,27,28,29,30,31,32). The van der Waals surface area contributed by atoms with E-state index < -0.39 is 0 Å². The van der Waals surface area contributed by atoms with Crippen LogP contribution in [0.25, 0.3) is 0 Å². The lowest BCUT2D eigenvalue weighted by Crippen LogP contribution is -2.35. The van der Waals surface area contributed by atoms with Crippen LogP contribution in [0.4, 0.5) is 29.2 Å². The molecule has 5 N–H and O–H groups in total. The molecule has 0 amide bonds. The van der Waals surface area contributed by atoms with Gasteiger partial charge in [0.15, 0.2) is 0 Å². The number of nitrogens with zero attached hydrogens (tertiary/aromatic N) is 4. The molecule has 1 aromatic carbocycles. The van der Waals surface area contributed by atoms with Gasteiger partial charge in [-0.15, -0.1) is 0 Å². The van der Waals surface area contributed by atoms with Crippen molar-refractivity contribution < 1.29 is 0 Å². The van der Waals surface area contributed by atoms with Crippen LogP contribution in [0.15, 0.2) is 18.2 Å². The molecule has 8 nitrogen and oxygen atoms in total. The number of hydrogen-bond acceptors (Lipinski definition) is 8. The van der Waals surface area contributed by atoms with Crippen LogP contribution in [-0.4, -0.2) is 52.1 Å². The number of rotatable bonds is 10. The second-order valence-corrected chi connectivity index (χ2v) is 9.93. The minimum Gasteiger partial charge on any atom is -0.398 e. The Morgan fingerprint density at radius 1 is 0.970 bits per heavy atom. The highest BCUT2D eigenvalue weighted by molar-refractivity contribution is 14.1. The van der Waals surface area contributed by atoms with Gasteiger partial charge in [-0.05, 0) is 68.5 Å². The molecule has 9 heteroatoms. The Hall–Kier alpha value is -1.88. The molecule has 33 heavy (non-hydrogen) atoms. The summed E-state index contributed by atoms with van der Waals surface area (Å²) in [6, 6.07) is 6.49.